The molecule has 0 saturated carbocycles. The predicted molar refractivity (Wildman–Crippen MR) is 78.7 cm³/mol. The highest BCUT2D eigenvalue weighted by atomic mass is 79.9. The van der Waals surface area contributed by atoms with Gasteiger partial charge >= 0.3 is 0 Å². The van der Waals surface area contributed by atoms with Gasteiger partial charge in [-0.15, -0.1) is 11.3 Å². The van der Waals surface area contributed by atoms with E-state index < -0.39 is 23.2 Å². The molecular formula is C13H11BrF2N2OS. The number of rotatable bonds is 5. The number of amides is 1. The van der Waals surface area contributed by atoms with Crippen LogP contribution >= 0.6 is 27.3 Å². The molecule has 20 heavy (non-hydrogen) atoms. The van der Waals surface area contributed by atoms with E-state index in [-0.39, 0.29) is 6.54 Å². The zero-order chi connectivity index (χ0) is 14.5. The summed E-state index contributed by atoms with van der Waals surface area (Å²) in [6.07, 6.45) is 0. The maximum Gasteiger partial charge on any atom is 0.238 e. The first-order chi connectivity index (χ1) is 9.58. The van der Waals surface area contributed by atoms with Crippen LogP contribution in [-0.2, 0) is 11.3 Å². The Morgan fingerprint density at radius 3 is 2.55 bits per heavy atom. The van der Waals surface area contributed by atoms with Gasteiger partial charge in [0.1, 0.15) is 17.3 Å². The Labute approximate surface area is 127 Å². The van der Waals surface area contributed by atoms with Gasteiger partial charge in [0.25, 0.3) is 0 Å². The minimum Gasteiger partial charge on any atom is -0.320 e. The molecule has 1 amide bonds. The van der Waals surface area contributed by atoms with Crippen molar-refractivity contribution in [3.05, 3.63) is 50.6 Å². The normalized spacial score (nSPS) is 10.6. The van der Waals surface area contributed by atoms with Gasteiger partial charge in [-0.3, -0.25) is 4.79 Å². The van der Waals surface area contributed by atoms with Crippen LogP contribution in [0.25, 0.3) is 0 Å². The molecule has 2 aromatic rings. The lowest BCUT2D eigenvalue weighted by atomic mass is 10.3. The third-order valence-electron chi connectivity index (χ3n) is 2.49. The number of hydrogen-bond acceptors (Lipinski definition) is 3. The smallest absolute Gasteiger partial charge is 0.238 e. The van der Waals surface area contributed by atoms with Gasteiger partial charge in [-0.25, -0.2) is 8.78 Å². The summed E-state index contributed by atoms with van der Waals surface area (Å²) in [5, 5.41) is 7.05. The SMILES string of the molecule is O=C(CNCc1sccc1Br)Nc1c(F)cccc1F. The Kier molecular flexibility index (Phi) is 5.22. The molecule has 1 aromatic carbocycles. The second kappa shape index (κ2) is 6.92. The number of carbonyl (C=O) groups is 1. The zero-order valence-corrected chi connectivity index (χ0v) is 12.7. The Morgan fingerprint density at radius 2 is 1.95 bits per heavy atom. The van der Waals surface area contributed by atoms with E-state index >= 15 is 0 Å². The molecule has 0 radical (unpaired) electrons. The molecule has 106 valence electrons. The molecule has 0 saturated heterocycles. The number of carbonyl (C=O) groups excluding carboxylic acids is 1. The van der Waals surface area contributed by atoms with Gasteiger partial charge in [0.15, 0.2) is 0 Å². The monoisotopic (exact) mass is 360 g/mol. The minimum absolute atomic E-state index is 0.0296. The van der Waals surface area contributed by atoms with Crippen molar-refractivity contribution < 1.29 is 13.6 Å². The van der Waals surface area contributed by atoms with E-state index in [1.165, 1.54) is 6.07 Å². The van der Waals surface area contributed by atoms with Gasteiger partial charge in [0.05, 0.1) is 6.54 Å². The van der Waals surface area contributed by atoms with E-state index in [1.54, 1.807) is 11.3 Å². The largest absolute Gasteiger partial charge is 0.320 e. The Bertz CT molecular complexity index is 598. The highest BCUT2D eigenvalue weighted by molar-refractivity contribution is 9.10. The van der Waals surface area contributed by atoms with Crippen molar-refractivity contribution in [2.45, 2.75) is 6.54 Å². The molecule has 7 heteroatoms. The van der Waals surface area contributed by atoms with E-state index in [2.05, 4.69) is 26.6 Å². The van der Waals surface area contributed by atoms with Crippen LogP contribution in [0.4, 0.5) is 14.5 Å². The lowest BCUT2D eigenvalue weighted by Gasteiger charge is -2.08. The highest BCUT2D eigenvalue weighted by Crippen LogP contribution is 2.22. The lowest BCUT2D eigenvalue weighted by Crippen LogP contribution is -2.28. The van der Waals surface area contributed by atoms with Gasteiger partial charge in [-0.05, 0) is 39.5 Å². The number of hydrogen-bond donors (Lipinski definition) is 2. The van der Waals surface area contributed by atoms with Crippen LogP contribution in [0, 0.1) is 11.6 Å². The summed E-state index contributed by atoms with van der Waals surface area (Å²) in [5.74, 6) is -2.08. The first-order valence-electron chi connectivity index (χ1n) is 5.74. The van der Waals surface area contributed by atoms with E-state index in [1.807, 2.05) is 11.4 Å². The highest BCUT2D eigenvalue weighted by Gasteiger charge is 2.11. The van der Waals surface area contributed by atoms with Crippen LogP contribution < -0.4 is 10.6 Å². The van der Waals surface area contributed by atoms with E-state index in [0.29, 0.717) is 6.54 Å². The number of thiophene rings is 1. The molecule has 0 fully saturated rings. The minimum atomic E-state index is -0.792. The first-order valence-corrected chi connectivity index (χ1v) is 7.41. The summed E-state index contributed by atoms with van der Waals surface area (Å²) in [4.78, 5) is 12.7. The zero-order valence-electron chi connectivity index (χ0n) is 10.3. The molecule has 1 aromatic heterocycles. The summed E-state index contributed by atoms with van der Waals surface area (Å²) in [6, 6.07) is 5.34. The summed E-state index contributed by atoms with van der Waals surface area (Å²) < 4.78 is 27.6. The second-order valence-corrected chi connectivity index (χ2v) is 5.80. The van der Waals surface area contributed by atoms with Gasteiger partial charge in [0, 0.05) is 15.9 Å². The van der Waals surface area contributed by atoms with E-state index in [9.17, 15) is 13.6 Å². The molecule has 2 rings (SSSR count). The van der Waals surface area contributed by atoms with Gasteiger partial charge in [-0.1, -0.05) is 6.07 Å². The predicted octanol–water partition coefficient (Wildman–Crippen LogP) is 3.52. The molecular weight excluding hydrogens is 350 g/mol. The molecule has 0 aliphatic heterocycles. The van der Waals surface area contributed by atoms with Crippen LogP contribution in [0.5, 0.6) is 0 Å². The van der Waals surface area contributed by atoms with Crippen LogP contribution in [0.15, 0.2) is 34.1 Å². The number of nitrogens with one attached hydrogen (secondary N) is 2. The standard InChI is InChI=1S/C13H11BrF2N2OS/c14-8-4-5-20-11(8)6-17-7-12(19)18-13-9(15)2-1-3-10(13)16/h1-5,17H,6-7H2,(H,18,19). The molecule has 0 aliphatic rings. The summed E-state index contributed by atoms with van der Waals surface area (Å²) >= 11 is 4.93. The maximum absolute atomic E-state index is 13.3. The molecule has 0 spiro atoms. The van der Waals surface area contributed by atoms with Gasteiger partial charge < -0.3 is 10.6 Å². The van der Waals surface area contributed by atoms with Crippen molar-refractivity contribution in [2.24, 2.45) is 0 Å². The molecule has 0 bridgehead atoms. The van der Waals surface area contributed by atoms with Gasteiger partial charge in [-0.2, -0.15) is 0 Å². The average molecular weight is 361 g/mol. The number of halogens is 3. The van der Waals surface area contributed by atoms with Crippen LogP contribution in [-0.4, -0.2) is 12.5 Å². The molecule has 0 unspecified atom stereocenters. The summed E-state index contributed by atoms with van der Waals surface area (Å²) in [7, 11) is 0. The van der Waals surface area contributed by atoms with Crippen molar-refractivity contribution in [2.75, 3.05) is 11.9 Å². The Morgan fingerprint density at radius 1 is 1.25 bits per heavy atom. The van der Waals surface area contributed by atoms with Crippen LogP contribution in [0.1, 0.15) is 4.88 Å². The maximum atomic E-state index is 13.3. The fourth-order valence-electron chi connectivity index (χ4n) is 1.54. The lowest BCUT2D eigenvalue weighted by molar-refractivity contribution is -0.115. The van der Waals surface area contributed by atoms with Gasteiger partial charge in [0.2, 0.25) is 5.91 Å². The fourth-order valence-corrected chi connectivity index (χ4v) is 3.00. The van der Waals surface area contributed by atoms with Crippen molar-refractivity contribution in [3.8, 4) is 0 Å². The molecule has 0 atom stereocenters. The Hall–Kier alpha value is -1.31. The number of anilines is 1. The quantitative estimate of drug-likeness (QED) is 0.856. The third kappa shape index (κ3) is 3.84. The molecule has 3 nitrogen and oxygen atoms in total. The topological polar surface area (TPSA) is 41.1 Å². The third-order valence-corrected chi connectivity index (χ3v) is 4.42. The van der Waals surface area contributed by atoms with Crippen molar-refractivity contribution in [1.29, 1.82) is 0 Å². The van der Waals surface area contributed by atoms with Crippen LogP contribution in [0.3, 0.4) is 0 Å². The molecule has 2 N–H and O–H groups in total. The van der Waals surface area contributed by atoms with Crippen LogP contribution in [0.2, 0.25) is 0 Å². The van der Waals surface area contributed by atoms with Crippen molar-refractivity contribution in [1.82, 2.24) is 5.32 Å². The first kappa shape index (κ1) is 15.1. The summed E-state index contributed by atoms with van der Waals surface area (Å²) in [5.41, 5.74) is -0.420. The number of para-hydroxylation sites is 1. The summed E-state index contributed by atoms with van der Waals surface area (Å²) in [6.45, 7) is 0.476. The average Bonchev–Trinajstić information content (AvgIpc) is 2.80. The van der Waals surface area contributed by atoms with E-state index in [4.69, 9.17) is 0 Å². The van der Waals surface area contributed by atoms with Crippen molar-refractivity contribution >= 4 is 38.9 Å². The molecule has 0 aliphatic carbocycles. The fraction of sp³-hybridized carbons (Fsp3) is 0.154. The Balaban J connectivity index is 1.85. The number of benzene rings is 1. The second-order valence-electron chi connectivity index (χ2n) is 3.94. The molecule has 1 heterocycles. The van der Waals surface area contributed by atoms with E-state index in [0.717, 1.165) is 21.5 Å². The van der Waals surface area contributed by atoms with Crippen molar-refractivity contribution in [3.63, 3.8) is 0 Å².